The maximum absolute atomic E-state index is 13.1. The Hall–Kier alpha value is -4.74. The van der Waals surface area contributed by atoms with E-state index >= 15 is 0 Å². The topological polar surface area (TPSA) is 136 Å². The number of hydrogen-bond donors (Lipinski definition) is 3. The molecule has 3 N–H and O–H groups in total. The van der Waals surface area contributed by atoms with Gasteiger partial charge in [0.2, 0.25) is 11.8 Å². The van der Waals surface area contributed by atoms with Gasteiger partial charge in [0, 0.05) is 68.2 Å². The molecule has 11 nitrogen and oxygen atoms in total. The van der Waals surface area contributed by atoms with E-state index in [4.69, 9.17) is 21.3 Å². The van der Waals surface area contributed by atoms with Gasteiger partial charge in [-0.15, -0.1) is 0 Å². The summed E-state index contributed by atoms with van der Waals surface area (Å²) in [6, 6.07) is 15.0. The minimum Gasteiger partial charge on any atom is -0.481 e. The highest BCUT2D eigenvalue weighted by molar-refractivity contribution is 6.36. The Kier molecular flexibility index (Phi) is 8.98. The van der Waals surface area contributed by atoms with Gasteiger partial charge in [-0.2, -0.15) is 0 Å². The van der Waals surface area contributed by atoms with E-state index in [-0.39, 0.29) is 17.5 Å². The molecule has 0 radical (unpaired) electrons. The predicted octanol–water partition coefficient (Wildman–Crippen LogP) is 3.40. The molecule has 0 saturated carbocycles. The zero-order chi connectivity index (χ0) is 31.5. The average molecular weight is 617 g/mol. The van der Waals surface area contributed by atoms with Crippen molar-refractivity contribution in [1.29, 1.82) is 0 Å². The first-order chi connectivity index (χ1) is 21.1. The second-order valence-electron chi connectivity index (χ2n) is 10.7. The number of benzene rings is 2. The molecule has 2 amide bonds. The van der Waals surface area contributed by atoms with Crippen molar-refractivity contribution in [3.63, 3.8) is 0 Å². The van der Waals surface area contributed by atoms with Crippen molar-refractivity contribution in [2.45, 2.75) is 32.4 Å². The van der Waals surface area contributed by atoms with Crippen LogP contribution in [0.2, 0.25) is 5.02 Å². The molecule has 4 aromatic rings. The lowest BCUT2D eigenvalue weighted by atomic mass is 9.96. The largest absolute Gasteiger partial charge is 0.481 e. The molecule has 0 unspecified atom stereocenters. The van der Waals surface area contributed by atoms with Crippen LogP contribution in [0.5, 0.6) is 5.88 Å². The van der Waals surface area contributed by atoms with Crippen molar-refractivity contribution in [2.75, 3.05) is 19.0 Å². The van der Waals surface area contributed by atoms with Crippen molar-refractivity contribution in [2.24, 2.45) is 14.1 Å². The van der Waals surface area contributed by atoms with Crippen LogP contribution >= 0.6 is 11.6 Å². The summed E-state index contributed by atoms with van der Waals surface area (Å²) in [6.45, 7) is 3.04. The van der Waals surface area contributed by atoms with Gasteiger partial charge in [-0.05, 0) is 36.6 Å². The van der Waals surface area contributed by atoms with Crippen LogP contribution in [0.1, 0.15) is 34.3 Å². The van der Waals surface area contributed by atoms with E-state index in [1.54, 1.807) is 19.2 Å². The van der Waals surface area contributed by atoms with E-state index in [1.165, 1.54) is 24.9 Å². The maximum Gasteiger partial charge on any atom is 0.330 e. The lowest BCUT2D eigenvalue weighted by Crippen LogP contribution is -2.40. The maximum atomic E-state index is 13.1. The minimum absolute atomic E-state index is 0.0829. The molecule has 3 heterocycles. The van der Waals surface area contributed by atoms with E-state index < -0.39 is 17.2 Å². The number of amides is 2. The van der Waals surface area contributed by atoms with E-state index in [2.05, 4.69) is 16.0 Å². The number of carbonyl (C=O) groups is 2. The summed E-state index contributed by atoms with van der Waals surface area (Å²) >= 11 is 6.99. The molecule has 228 valence electrons. The summed E-state index contributed by atoms with van der Waals surface area (Å²) in [5, 5.41) is 9.59. The number of rotatable bonds is 9. The van der Waals surface area contributed by atoms with Crippen molar-refractivity contribution < 1.29 is 14.3 Å². The van der Waals surface area contributed by atoms with Gasteiger partial charge in [-0.1, -0.05) is 48.0 Å². The number of methoxy groups -OCH3 is 1. The highest BCUT2D eigenvalue weighted by atomic mass is 35.5. The fraction of sp³-hybridized carbons (Fsp3) is 0.281. The fourth-order valence-corrected chi connectivity index (χ4v) is 5.62. The zero-order valence-electron chi connectivity index (χ0n) is 24.9. The number of aromatic nitrogens is 3. The standard InChI is InChI=1S/C32H33ClN6O5/c1-18-21(7-6-10-25(18)36-29(41)24-17-38(2)32(43)39(3)31(24)42)22-8-5-9-23(28(22)33)26-13-11-19(30(37-26)44-4)15-34-16-20-12-14-27(40)35-20/h5-11,13,17,20,34H,12,14-16H2,1-4H3,(H,35,40)(H,36,41)/t20-/m0/s1. The number of halogens is 1. The van der Waals surface area contributed by atoms with E-state index in [0.717, 1.165) is 33.2 Å². The summed E-state index contributed by atoms with van der Waals surface area (Å²) in [5.74, 6) is -0.0721. The van der Waals surface area contributed by atoms with Gasteiger partial charge in [-0.3, -0.25) is 19.0 Å². The molecule has 1 atom stereocenters. The molecule has 1 fully saturated rings. The second kappa shape index (κ2) is 12.9. The molecule has 1 aliphatic rings. The first-order valence-electron chi connectivity index (χ1n) is 14.1. The Bertz CT molecular complexity index is 1880. The van der Waals surface area contributed by atoms with Crippen LogP contribution in [0.15, 0.2) is 64.3 Å². The Morgan fingerprint density at radius 1 is 1.07 bits per heavy atom. The third kappa shape index (κ3) is 6.15. The average Bonchev–Trinajstić information content (AvgIpc) is 3.44. The van der Waals surface area contributed by atoms with Crippen molar-refractivity contribution in [1.82, 2.24) is 24.8 Å². The van der Waals surface area contributed by atoms with Gasteiger partial charge in [0.25, 0.3) is 11.5 Å². The van der Waals surface area contributed by atoms with Gasteiger partial charge in [0.1, 0.15) is 5.56 Å². The molecule has 0 spiro atoms. The quantitative estimate of drug-likeness (QED) is 0.262. The molecular weight excluding hydrogens is 584 g/mol. The number of aryl methyl sites for hydroxylation is 1. The van der Waals surface area contributed by atoms with Crippen LogP contribution in [-0.4, -0.2) is 45.6 Å². The van der Waals surface area contributed by atoms with Gasteiger partial charge >= 0.3 is 5.69 Å². The highest BCUT2D eigenvalue weighted by Crippen LogP contribution is 2.39. The number of ether oxygens (including phenoxy) is 1. The summed E-state index contributed by atoms with van der Waals surface area (Å²) in [6.07, 6.45) is 2.61. The predicted molar refractivity (Wildman–Crippen MR) is 169 cm³/mol. The molecule has 5 rings (SSSR count). The Morgan fingerprint density at radius 3 is 2.52 bits per heavy atom. The molecule has 0 aliphatic carbocycles. The summed E-state index contributed by atoms with van der Waals surface area (Å²) < 4.78 is 7.68. The van der Waals surface area contributed by atoms with Crippen LogP contribution < -0.4 is 31.9 Å². The third-order valence-electron chi connectivity index (χ3n) is 7.76. The lowest BCUT2D eigenvalue weighted by Gasteiger charge is -2.16. The van der Waals surface area contributed by atoms with Gasteiger partial charge in [0.05, 0.1) is 17.8 Å². The van der Waals surface area contributed by atoms with Gasteiger partial charge in [-0.25, -0.2) is 9.78 Å². The number of anilines is 1. The zero-order valence-corrected chi connectivity index (χ0v) is 25.6. The molecule has 2 aromatic heterocycles. The van der Waals surface area contributed by atoms with Crippen LogP contribution in [0.25, 0.3) is 22.4 Å². The molecule has 2 aromatic carbocycles. The highest BCUT2D eigenvalue weighted by Gasteiger charge is 2.21. The molecule has 44 heavy (non-hydrogen) atoms. The summed E-state index contributed by atoms with van der Waals surface area (Å²) in [4.78, 5) is 53.9. The number of nitrogens with one attached hydrogen (secondary N) is 3. The smallest absolute Gasteiger partial charge is 0.330 e. The van der Waals surface area contributed by atoms with Crippen LogP contribution in [0, 0.1) is 6.92 Å². The molecule has 12 heteroatoms. The number of nitrogens with zero attached hydrogens (tertiary/aromatic N) is 3. The van der Waals surface area contributed by atoms with Crippen molar-refractivity contribution in [3.05, 3.63) is 97.3 Å². The molecule has 1 aliphatic heterocycles. The first-order valence-corrected chi connectivity index (χ1v) is 14.5. The molecule has 0 bridgehead atoms. The van der Waals surface area contributed by atoms with Gasteiger partial charge in [0.15, 0.2) is 0 Å². The molecular formula is C32H33ClN6O5. The fourth-order valence-electron chi connectivity index (χ4n) is 5.30. The van der Waals surface area contributed by atoms with Crippen LogP contribution in [0.3, 0.4) is 0 Å². The number of carbonyl (C=O) groups excluding carboxylic acids is 2. The van der Waals surface area contributed by atoms with Crippen LogP contribution in [0.4, 0.5) is 5.69 Å². The normalized spacial score (nSPS) is 14.4. The van der Waals surface area contributed by atoms with Crippen molar-refractivity contribution in [3.8, 4) is 28.3 Å². The monoisotopic (exact) mass is 616 g/mol. The second-order valence-corrected chi connectivity index (χ2v) is 11.1. The lowest BCUT2D eigenvalue weighted by molar-refractivity contribution is -0.119. The van der Waals surface area contributed by atoms with E-state index in [0.29, 0.717) is 47.4 Å². The van der Waals surface area contributed by atoms with Crippen molar-refractivity contribution >= 4 is 29.1 Å². The van der Waals surface area contributed by atoms with Gasteiger partial charge < -0.3 is 25.3 Å². The van der Waals surface area contributed by atoms with Crippen LogP contribution in [-0.2, 0) is 25.4 Å². The third-order valence-corrected chi connectivity index (χ3v) is 8.17. The first kappa shape index (κ1) is 30.7. The number of hydrogen-bond acceptors (Lipinski definition) is 7. The minimum atomic E-state index is -0.679. The van der Waals surface area contributed by atoms with E-state index in [1.807, 2.05) is 43.3 Å². The molecule has 1 saturated heterocycles. The Morgan fingerprint density at radius 2 is 1.80 bits per heavy atom. The van der Waals surface area contributed by atoms with E-state index in [9.17, 15) is 19.2 Å². The Balaban J connectivity index is 1.40. The Labute approximate surface area is 258 Å². The summed E-state index contributed by atoms with van der Waals surface area (Å²) in [5.41, 5.74) is 3.63. The number of pyridine rings is 1. The summed E-state index contributed by atoms with van der Waals surface area (Å²) in [7, 11) is 4.38. The SMILES string of the molecule is COc1nc(-c2cccc(-c3cccc(NC(=O)c4cn(C)c(=O)n(C)c4=O)c3C)c2Cl)ccc1CNC[C@@H]1CCC(=O)N1.